The van der Waals surface area contributed by atoms with Crippen molar-refractivity contribution < 1.29 is 14.2 Å². The summed E-state index contributed by atoms with van der Waals surface area (Å²) in [6, 6.07) is 39.5. The Morgan fingerprint density at radius 1 is 0.526 bits per heavy atom. The molecule has 0 bridgehead atoms. The van der Waals surface area contributed by atoms with Crippen LogP contribution < -0.4 is 15.2 Å². The Labute approximate surface area is 219 Å². The van der Waals surface area contributed by atoms with Gasteiger partial charge in [-0.05, 0) is 48.5 Å². The van der Waals surface area contributed by atoms with Crippen molar-refractivity contribution in [3.63, 3.8) is 0 Å². The Hall–Kier alpha value is -5.36. The van der Waals surface area contributed by atoms with Gasteiger partial charge in [0.2, 0.25) is 16.7 Å². The molecule has 0 aliphatic carbocycles. The summed E-state index contributed by atoms with van der Waals surface area (Å²) in [6.07, 6.45) is 0. The molecule has 0 atom stereocenters. The summed E-state index contributed by atoms with van der Waals surface area (Å²) < 4.78 is 2.09. The highest BCUT2D eigenvalue weighted by Crippen LogP contribution is 2.23. The van der Waals surface area contributed by atoms with Gasteiger partial charge in [0.05, 0.1) is 0 Å². The first kappa shape index (κ1) is 23.1. The second-order valence-corrected chi connectivity index (χ2v) is 8.83. The van der Waals surface area contributed by atoms with Crippen LogP contribution in [0.4, 0.5) is 11.4 Å². The predicted octanol–water partition coefficient (Wildman–Crippen LogP) is 6.17. The van der Waals surface area contributed by atoms with E-state index in [1.54, 1.807) is 24.3 Å². The lowest BCUT2D eigenvalue weighted by Gasteiger charge is -2.10. The molecule has 6 rings (SSSR count). The van der Waals surface area contributed by atoms with E-state index in [1.807, 2.05) is 103 Å². The number of aromatic nitrogens is 2. The summed E-state index contributed by atoms with van der Waals surface area (Å²) in [6.45, 7) is 0. The van der Waals surface area contributed by atoms with Crippen molar-refractivity contribution in [1.29, 1.82) is 0 Å². The molecule has 0 radical (unpaired) electrons. The molecule has 5 aromatic carbocycles. The third kappa shape index (κ3) is 4.58. The fourth-order valence-corrected chi connectivity index (χ4v) is 4.45. The SMILES string of the molecule is O=C(Nc1ccc2nc3ccc(NC(=O)c4ccccc4)cc3[n+](-c3ccccc3)c2c1)c1ccccc1. The van der Waals surface area contributed by atoms with Gasteiger partial charge in [-0.25, -0.2) is 4.98 Å². The molecule has 0 spiro atoms. The molecule has 1 heterocycles. The molecule has 2 N–H and O–H groups in total. The highest BCUT2D eigenvalue weighted by Gasteiger charge is 2.21. The second kappa shape index (κ2) is 9.95. The number of fused-ring (bicyclic) bond motifs is 2. The largest absolute Gasteiger partial charge is 0.322 e. The van der Waals surface area contributed by atoms with Crippen molar-refractivity contribution in [2.24, 2.45) is 0 Å². The molecule has 0 aliphatic heterocycles. The van der Waals surface area contributed by atoms with Crippen molar-refractivity contribution in [3.05, 3.63) is 139 Å². The first-order chi connectivity index (χ1) is 18.7. The number of para-hydroxylation sites is 1. The van der Waals surface area contributed by atoms with Crippen LogP contribution in [0, 0.1) is 0 Å². The molecule has 0 saturated heterocycles. The van der Waals surface area contributed by atoms with Crippen LogP contribution in [0.5, 0.6) is 0 Å². The van der Waals surface area contributed by atoms with Gasteiger partial charge in [0.1, 0.15) is 11.0 Å². The van der Waals surface area contributed by atoms with Gasteiger partial charge in [-0.2, -0.15) is 0 Å². The molecular weight excluding hydrogens is 472 g/mol. The summed E-state index contributed by atoms with van der Waals surface area (Å²) in [5, 5.41) is 5.99. The number of nitrogens with one attached hydrogen (secondary N) is 2. The molecule has 182 valence electrons. The smallest absolute Gasteiger partial charge is 0.255 e. The van der Waals surface area contributed by atoms with Crippen molar-refractivity contribution >= 4 is 45.3 Å². The van der Waals surface area contributed by atoms with Crippen molar-refractivity contribution in [1.82, 2.24) is 4.98 Å². The molecular formula is C32H23N4O2+. The number of hydrogen-bond acceptors (Lipinski definition) is 3. The first-order valence-electron chi connectivity index (χ1n) is 12.2. The van der Waals surface area contributed by atoms with E-state index in [4.69, 9.17) is 4.98 Å². The third-order valence-corrected chi connectivity index (χ3v) is 6.28. The van der Waals surface area contributed by atoms with Gasteiger partial charge in [-0.3, -0.25) is 9.59 Å². The number of amides is 2. The Bertz CT molecular complexity index is 1680. The number of carbonyl (C=O) groups excluding carboxylic acids is 2. The Kier molecular flexibility index (Phi) is 6.04. The third-order valence-electron chi connectivity index (χ3n) is 6.28. The van der Waals surface area contributed by atoms with E-state index >= 15 is 0 Å². The molecule has 1 aromatic heterocycles. The number of benzene rings is 5. The lowest BCUT2D eigenvalue weighted by Crippen LogP contribution is -2.33. The zero-order valence-corrected chi connectivity index (χ0v) is 20.3. The van der Waals surface area contributed by atoms with Gasteiger partial charge in [0.15, 0.2) is 0 Å². The second-order valence-electron chi connectivity index (χ2n) is 8.83. The Morgan fingerprint density at radius 2 is 0.947 bits per heavy atom. The van der Waals surface area contributed by atoms with Gasteiger partial charge in [0, 0.05) is 46.8 Å². The van der Waals surface area contributed by atoms with E-state index in [0.29, 0.717) is 22.5 Å². The fourth-order valence-electron chi connectivity index (χ4n) is 4.45. The van der Waals surface area contributed by atoms with Gasteiger partial charge < -0.3 is 10.6 Å². The van der Waals surface area contributed by atoms with Crippen LogP contribution in [0.2, 0.25) is 0 Å². The van der Waals surface area contributed by atoms with Crippen molar-refractivity contribution in [3.8, 4) is 5.69 Å². The van der Waals surface area contributed by atoms with Gasteiger partial charge in [0.25, 0.3) is 11.8 Å². The predicted molar refractivity (Wildman–Crippen MR) is 150 cm³/mol. The van der Waals surface area contributed by atoms with Gasteiger partial charge in [-0.1, -0.05) is 54.6 Å². The molecule has 0 fully saturated rings. The van der Waals surface area contributed by atoms with E-state index in [-0.39, 0.29) is 11.8 Å². The van der Waals surface area contributed by atoms with E-state index < -0.39 is 0 Å². The van der Waals surface area contributed by atoms with Gasteiger partial charge in [-0.15, -0.1) is 4.57 Å². The molecule has 6 nitrogen and oxygen atoms in total. The lowest BCUT2D eigenvalue weighted by molar-refractivity contribution is -0.538. The van der Waals surface area contributed by atoms with Crippen LogP contribution in [0.1, 0.15) is 20.7 Å². The molecule has 0 aliphatic rings. The minimum atomic E-state index is -0.184. The van der Waals surface area contributed by atoms with E-state index in [9.17, 15) is 9.59 Å². The summed E-state index contributed by atoms with van der Waals surface area (Å²) in [5.41, 5.74) is 6.61. The number of nitrogens with zero attached hydrogens (tertiary/aromatic N) is 2. The zero-order valence-electron chi connectivity index (χ0n) is 20.3. The Balaban J connectivity index is 1.47. The van der Waals surface area contributed by atoms with Crippen LogP contribution in [-0.2, 0) is 0 Å². The van der Waals surface area contributed by atoms with Crippen LogP contribution >= 0.6 is 0 Å². The minimum absolute atomic E-state index is 0.184. The average Bonchev–Trinajstić information content (AvgIpc) is 2.97. The normalized spacial score (nSPS) is 10.8. The van der Waals surface area contributed by atoms with Crippen LogP contribution in [0.15, 0.2) is 127 Å². The highest BCUT2D eigenvalue weighted by atomic mass is 16.2. The minimum Gasteiger partial charge on any atom is -0.322 e. The van der Waals surface area contributed by atoms with E-state index in [0.717, 1.165) is 27.8 Å². The number of carbonyl (C=O) groups is 2. The fraction of sp³-hybridized carbons (Fsp3) is 0. The van der Waals surface area contributed by atoms with Crippen LogP contribution in [0.3, 0.4) is 0 Å². The summed E-state index contributed by atoms with van der Waals surface area (Å²) in [5.74, 6) is -0.369. The number of rotatable bonds is 5. The molecule has 2 amide bonds. The highest BCUT2D eigenvalue weighted by molar-refractivity contribution is 6.06. The van der Waals surface area contributed by atoms with Crippen LogP contribution in [0.25, 0.3) is 27.8 Å². The summed E-state index contributed by atoms with van der Waals surface area (Å²) in [4.78, 5) is 30.5. The summed E-state index contributed by atoms with van der Waals surface area (Å²) in [7, 11) is 0. The standard InChI is InChI=1S/C32H22N4O2/c37-31(22-10-4-1-5-11-22)33-24-16-18-27-29(20-24)36(26-14-8-3-9-15-26)30-21-25(17-19-28(30)35-27)34-32(38)23-12-6-2-7-13-23/h1-21H,(H,33,34,37,38)/p+1. The van der Waals surface area contributed by atoms with E-state index in [2.05, 4.69) is 15.2 Å². The number of hydrogen-bond donors (Lipinski definition) is 2. The Morgan fingerprint density at radius 3 is 1.39 bits per heavy atom. The molecule has 6 aromatic rings. The van der Waals surface area contributed by atoms with Gasteiger partial charge >= 0.3 is 0 Å². The topological polar surface area (TPSA) is 75.0 Å². The lowest BCUT2D eigenvalue weighted by atomic mass is 10.1. The molecule has 38 heavy (non-hydrogen) atoms. The monoisotopic (exact) mass is 495 g/mol. The van der Waals surface area contributed by atoms with E-state index in [1.165, 1.54) is 0 Å². The zero-order chi connectivity index (χ0) is 25.9. The molecule has 0 unspecified atom stereocenters. The molecule has 0 saturated carbocycles. The maximum atomic E-state index is 12.8. The first-order valence-corrected chi connectivity index (χ1v) is 12.2. The maximum Gasteiger partial charge on any atom is 0.255 e. The van der Waals surface area contributed by atoms with Crippen molar-refractivity contribution in [2.75, 3.05) is 10.6 Å². The molecule has 6 heteroatoms. The maximum absolute atomic E-state index is 12.8. The average molecular weight is 496 g/mol. The van der Waals surface area contributed by atoms with Crippen LogP contribution in [-0.4, -0.2) is 16.8 Å². The summed E-state index contributed by atoms with van der Waals surface area (Å²) >= 11 is 0. The van der Waals surface area contributed by atoms with Crippen molar-refractivity contribution in [2.45, 2.75) is 0 Å². The quantitative estimate of drug-likeness (QED) is 0.222. The number of anilines is 2.